The molecular weight excluding hydrogens is 2710 g/mol. The summed E-state index contributed by atoms with van der Waals surface area (Å²) < 4.78 is 2.39. The Morgan fingerprint density at radius 3 is 0.776 bits per heavy atom. The Morgan fingerprint density at radius 1 is 0.245 bits per heavy atom. The van der Waals surface area contributed by atoms with Crippen LogP contribution in [0.4, 0.5) is 115 Å². The third-order valence-electron chi connectivity index (χ3n) is 25.6. The molecule has 0 saturated heterocycles. The van der Waals surface area contributed by atoms with Gasteiger partial charge >= 0.3 is 0 Å². The van der Waals surface area contributed by atoms with Gasteiger partial charge in [-0.3, -0.25) is 0 Å². The molecule has 19 aromatic rings. The van der Waals surface area contributed by atoms with Gasteiger partial charge in [0.25, 0.3) is 0 Å². The molecule has 0 unspecified atom stereocenters. The third-order valence-corrected chi connectivity index (χ3v) is 25.6. The van der Waals surface area contributed by atoms with Crippen LogP contribution in [0.15, 0.2) is 383 Å². The molecule has 26 heteroatoms. The molecule has 0 amide bonds. The van der Waals surface area contributed by atoms with E-state index in [9.17, 15) is 0 Å². The fourth-order valence-electron chi connectivity index (χ4n) is 18.6. The number of hydrogen-bond donors (Lipinski definition) is 0. The number of nitrogens with zero attached hydrogens (tertiary/aromatic N) is 21. The smallest absolute Gasteiger partial charge is 0.145 e. The Labute approximate surface area is 929 Å². The number of aromatic nitrogens is 11. The Balaban J connectivity index is 0.000000131. The molecule has 13 aromatic carbocycles. The zero-order chi connectivity index (χ0) is 95.5. The van der Waals surface area contributed by atoms with Gasteiger partial charge in [-0.1, -0.05) is 217 Å². The van der Waals surface area contributed by atoms with Gasteiger partial charge in [-0.15, -0.1) is 61.8 Å². The molecule has 749 valence electrons. The van der Waals surface area contributed by atoms with Crippen molar-refractivity contribution in [1.82, 2.24) is 54.4 Å². The summed E-state index contributed by atoms with van der Waals surface area (Å²) in [7, 11) is 0. The Bertz CT molecular complexity index is 7170. The summed E-state index contributed by atoms with van der Waals surface area (Å²) in [6.45, 7) is 15.3. The minimum Gasteiger partial charge on any atom is -0.477 e. The largest absolute Gasteiger partial charge is 0.477 e. The average Bonchev–Trinajstić information content (AvgIpc) is 1.65. The van der Waals surface area contributed by atoms with Crippen LogP contribution < -0.4 is 49.0 Å². The molecule has 21 nitrogen and oxygen atoms in total. The fourth-order valence-corrected chi connectivity index (χ4v) is 18.6. The zero-order valence-electron chi connectivity index (χ0n) is 81.0. The van der Waals surface area contributed by atoms with Crippen molar-refractivity contribution in [2.75, 3.05) is 49.0 Å². The van der Waals surface area contributed by atoms with Crippen LogP contribution in [0.5, 0.6) is 0 Å². The topological polar surface area (TPSA) is 166 Å². The van der Waals surface area contributed by atoms with Gasteiger partial charge in [0.05, 0.1) is 59.5 Å². The van der Waals surface area contributed by atoms with Gasteiger partial charge in [0.1, 0.15) is 58.2 Å². The Hall–Kier alpha value is -13.7. The number of hydrogen-bond acceptors (Lipinski definition) is 20. The van der Waals surface area contributed by atoms with Crippen LogP contribution >= 0.6 is 0 Å². The predicted molar refractivity (Wildman–Crippen MR) is 572 cm³/mol. The first kappa shape index (κ1) is 106. The van der Waals surface area contributed by atoms with E-state index in [4.69, 9.17) is 39.9 Å². The first-order valence-corrected chi connectivity index (χ1v) is 48.9. The predicted octanol–water partition coefficient (Wildman–Crippen LogP) is 28.0. The summed E-state index contributed by atoms with van der Waals surface area (Å²) in [6.07, 6.45) is 25.2. The molecule has 25 rings (SSSR count). The van der Waals surface area contributed by atoms with E-state index in [1.165, 1.54) is 65.9 Å². The van der Waals surface area contributed by atoms with Gasteiger partial charge in [-0.2, -0.15) is 152 Å². The third kappa shape index (κ3) is 24.6. The number of aryl methyl sites for hydroxylation is 7. The van der Waals surface area contributed by atoms with Crippen LogP contribution in [-0.4, -0.2) is 54.4 Å². The number of anilines is 20. The molecule has 0 N–H and O–H groups in total. The van der Waals surface area contributed by atoms with E-state index in [0.717, 1.165) is 207 Å². The van der Waals surface area contributed by atoms with Crippen molar-refractivity contribution in [1.29, 1.82) is 0 Å². The summed E-state index contributed by atoms with van der Waals surface area (Å²) in [5.74, 6) is 9.31. The molecule has 0 spiro atoms. The maximum Gasteiger partial charge on any atom is 0.145 e. The molecular formula is C121H105Ir5N21-10. The molecule has 6 aliphatic rings. The number of para-hydroxylation sites is 12. The van der Waals surface area contributed by atoms with Crippen LogP contribution in [0, 0.1) is 69.6 Å². The van der Waals surface area contributed by atoms with Gasteiger partial charge < -0.3 is 53.6 Å². The first-order valence-electron chi connectivity index (χ1n) is 48.9. The van der Waals surface area contributed by atoms with E-state index in [0.29, 0.717) is 0 Å². The quantitative estimate of drug-likeness (QED) is 0.0554. The van der Waals surface area contributed by atoms with E-state index < -0.39 is 0 Å². The van der Waals surface area contributed by atoms with Crippen molar-refractivity contribution >= 4 is 137 Å². The van der Waals surface area contributed by atoms with E-state index in [1.54, 1.807) is 0 Å². The van der Waals surface area contributed by atoms with Gasteiger partial charge in [0.15, 0.2) is 0 Å². The minimum atomic E-state index is 0. The van der Waals surface area contributed by atoms with Gasteiger partial charge in [-0.05, 0) is 123 Å². The van der Waals surface area contributed by atoms with Gasteiger partial charge in [0, 0.05) is 164 Å². The fraction of sp³-hybridized carbons (Fsp3) is 0.149. The minimum absolute atomic E-state index is 0. The molecule has 1 aliphatic carbocycles. The maximum atomic E-state index is 5.10. The van der Waals surface area contributed by atoms with E-state index in [1.807, 2.05) is 270 Å². The van der Waals surface area contributed by atoms with Gasteiger partial charge in [0.2, 0.25) is 0 Å². The average molecular weight is 2810 g/mol. The molecule has 147 heavy (non-hydrogen) atoms. The molecule has 6 aromatic heterocycles. The summed E-state index contributed by atoms with van der Waals surface area (Å²) in [5.41, 5.74) is 18.9. The zero-order valence-corrected chi connectivity index (χ0v) is 93.0. The number of fused-ring (bicyclic) bond motifs is 8. The molecule has 1 fully saturated rings. The summed E-state index contributed by atoms with van der Waals surface area (Å²) in [6, 6.07) is 135. The first-order chi connectivity index (χ1) is 70.4. The Morgan fingerprint density at radius 2 is 0.497 bits per heavy atom. The monoisotopic (exact) mass is 2820 g/mol. The van der Waals surface area contributed by atoms with E-state index in [2.05, 4.69) is 254 Å². The second kappa shape index (κ2) is 51.6. The van der Waals surface area contributed by atoms with Crippen molar-refractivity contribution in [2.45, 2.75) is 110 Å². The van der Waals surface area contributed by atoms with E-state index >= 15 is 0 Å². The second-order valence-electron chi connectivity index (χ2n) is 35.2. The second-order valence-corrected chi connectivity index (χ2v) is 35.2. The molecule has 5 radical (unpaired) electrons. The summed E-state index contributed by atoms with van der Waals surface area (Å²) in [4.78, 5) is 69.4. The van der Waals surface area contributed by atoms with Gasteiger partial charge in [-0.25, -0.2) is 49.8 Å². The SMILES string of the molecule is CCCc1cnc2c(n1)N(c1[c-]cccc1)[CH-]N2c1ccccc1.CCCc1cnc2c(n1)N(c1[c-]cccc1)[CH-]N2c1ccccc1.[Ir].[Ir].[Ir].[Ir].[Ir].[c-]1ccccc1N1[CH-]N(c2ccccc2)c2ncc(CCC3CCCCC3)nc21.[c-]1ccccc1N1[CH-]N(c2ccccc2)c2ncc(CCc3ccccc3)nc21.[c-]1ccccc1N1[CH-]N(c2ccccc2)c2ncc(CCn3c4ccccc4c4ccccc43)nc21. The van der Waals surface area contributed by atoms with E-state index in [-0.39, 0.29) is 101 Å². The number of rotatable bonds is 23. The normalized spacial score (nSPS) is 13.3. The summed E-state index contributed by atoms with van der Waals surface area (Å²) >= 11 is 0. The molecule has 11 heterocycles. The molecule has 0 atom stereocenters. The summed E-state index contributed by atoms with van der Waals surface area (Å²) in [5, 5.41) is 2.57. The Kier molecular flexibility index (Phi) is 37.2. The van der Waals surface area contributed by atoms with Crippen LogP contribution in [-0.2, 0) is 146 Å². The molecule has 1 saturated carbocycles. The van der Waals surface area contributed by atoms with Crippen molar-refractivity contribution in [3.8, 4) is 0 Å². The van der Waals surface area contributed by atoms with Crippen LogP contribution in [0.1, 0.15) is 99.2 Å². The molecule has 0 bridgehead atoms. The van der Waals surface area contributed by atoms with Crippen molar-refractivity contribution < 1.29 is 101 Å². The number of benzene rings is 13. The van der Waals surface area contributed by atoms with Crippen molar-refractivity contribution in [2.24, 2.45) is 5.92 Å². The van der Waals surface area contributed by atoms with Crippen LogP contribution in [0.3, 0.4) is 0 Å². The van der Waals surface area contributed by atoms with Crippen molar-refractivity contribution in [3.63, 3.8) is 0 Å². The standard InChI is InChI=1S/C31H23N5.C25H26N4.C25H20N4.2C20H18N4.5Ir/c1-3-11-24(12-4-1)35-22-36(25-13-5-2-6-14-25)31-30(35)32-21-23(33-31)19-20-34-28-17-9-7-15-26(28)27-16-8-10-18-29(27)34;2*1-4-10-20(11-5-1)16-17-21-18-26-24-25(27-21)29(23-14-8-3-9-15-23)19-28(24)22-12-6-2-7-13-22;2*1-2-9-16-14-21-19-20(22-16)24(18-12-7-4-8-13-18)15-23(19)17-10-5-3-6-11-17;;;;;/h1-13,15-18,21-22H,19-20H2;2-3,6-9,12-14,18-20H,1,4-5,10-11,16-17H2;1-14,18-19H,16-17H2;2*3-8,10-12,14-15H,2,9H2,1H3;;;;;/q5*-2;;;;;. The van der Waals surface area contributed by atoms with Crippen LogP contribution in [0.25, 0.3) is 21.8 Å². The van der Waals surface area contributed by atoms with Crippen LogP contribution in [0.2, 0.25) is 0 Å². The maximum absolute atomic E-state index is 5.10. The molecule has 5 aliphatic heterocycles. The van der Waals surface area contributed by atoms with Crippen molar-refractivity contribution in [3.05, 3.63) is 481 Å².